The van der Waals surface area contributed by atoms with E-state index in [0.717, 1.165) is 6.07 Å². The second kappa shape index (κ2) is 9.21. The highest BCUT2D eigenvalue weighted by atomic mass is 19.1. The number of hydrogen-bond donors (Lipinski definition) is 3. The highest BCUT2D eigenvalue weighted by molar-refractivity contribution is 5.98. The molecule has 3 amide bonds. The molecular formula is C18H17FN4O5. The number of nitrogens with zero attached hydrogens (tertiary/aromatic N) is 1. The van der Waals surface area contributed by atoms with Gasteiger partial charge in [0, 0.05) is 17.7 Å². The Balaban J connectivity index is 1.84. The number of carbonyl (C=O) groups excluding carboxylic acids is 3. The minimum absolute atomic E-state index is 0.0224. The number of nitro groups is 1. The molecule has 0 spiro atoms. The second-order valence-corrected chi connectivity index (χ2v) is 5.84. The van der Waals surface area contributed by atoms with Crippen molar-refractivity contribution < 1.29 is 23.7 Å². The first kappa shape index (κ1) is 20.5. The molecular weight excluding hydrogens is 371 g/mol. The smallest absolute Gasteiger partial charge is 0.270 e. The topological polar surface area (TPSA) is 130 Å². The molecule has 0 aliphatic rings. The van der Waals surface area contributed by atoms with Crippen molar-refractivity contribution in [1.29, 1.82) is 0 Å². The number of amides is 3. The number of non-ortho nitro benzene ring substituents is 1. The molecule has 2 aromatic carbocycles. The Hall–Kier alpha value is -3.82. The number of nitro benzene ring substituents is 1. The van der Waals surface area contributed by atoms with E-state index in [-0.39, 0.29) is 17.7 Å². The van der Waals surface area contributed by atoms with Gasteiger partial charge >= 0.3 is 0 Å². The average molecular weight is 388 g/mol. The summed E-state index contributed by atoms with van der Waals surface area (Å²) in [6, 6.07) is 9.35. The Morgan fingerprint density at radius 3 is 2.43 bits per heavy atom. The molecule has 0 saturated carbocycles. The van der Waals surface area contributed by atoms with Crippen LogP contribution in [0.2, 0.25) is 0 Å². The van der Waals surface area contributed by atoms with E-state index in [1.807, 2.05) is 0 Å². The van der Waals surface area contributed by atoms with Crippen molar-refractivity contribution in [3.8, 4) is 0 Å². The van der Waals surface area contributed by atoms with Gasteiger partial charge in [0.2, 0.25) is 5.91 Å². The van der Waals surface area contributed by atoms with Gasteiger partial charge in [0.05, 0.1) is 11.3 Å². The van der Waals surface area contributed by atoms with E-state index < -0.39 is 34.5 Å². The van der Waals surface area contributed by atoms with Crippen LogP contribution in [0.25, 0.3) is 0 Å². The van der Waals surface area contributed by atoms with Crippen molar-refractivity contribution in [2.45, 2.75) is 19.4 Å². The number of hydrogen-bond acceptors (Lipinski definition) is 5. The highest BCUT2D eigenvalue weighted by Crippen LogP contribution is 2.13. The Labute approximate surface area is 159 Å². The first-order chi connectivity index (χ1) is 13.3. The minimum atomic E-state index is -1.02. The third kappa shape index (κ3) is 5.87. The summed E-state index contributed by atoms with van der Waals surface area (Å²) in [4.78, 5) is 46.0. The SMILES string of the molecule is C[C@H](NC(=O)c1cccc([N+](=O)[O-])c1)C(=O)NNC(=O)Cc1ccc(F)cc1. The van der Waals surface area contributed by atoms with Crippen LogP contribution >= 0.6 is 0 Å². The zero-order valence-electron chi connectivity index (χ0n) is 14.8. The van der Waals surface area contributed by atoms with Crippen molar-refractivity contribution in [3.63, 3.8) is 0 Å². The molecule has 0 aliphatic carbocycles. The standard InChI is InChI=1S/C18H17FN4O5/c1-11(20-18(26)13-3-2-4-15(10-13)23(27)28)17(25)22-21-16(24)9-12-5-7-14(19)8-6-12/h2-8,10-11H,9H2,1H3,(H,20,26)(H,21,24)(H,22,25)/t11-/m0/s1. The lowest BCUT2D eigenvalue weighted by Gasteiger charge is -2.14. The Kier molecular flexibility index (Phi) is 6.74. The molecule has 28 heavy (non-hydrogen) atoms. The highest BCUT2D eigenvalue weighted by Gasteiger charge is 2.18. The molecule has 0 radical (unpaired) electrons. The number of carbonyl (C=O) groups is 3. The molecule has 10 heteroatoms. The minimum Gasteiger partial charge on any atom is -0.340 e. The number of benzene rings is 2. The molecule has 0 bridgehead atoms. The van der Waals surface area contributed by atoms with Gasteiger partial charge in [-0.05, 0) is 30.7 Å². The number of hydrazine groups is 1. The summed E-state index contributed by atoms with van der Waals surface area (Å²) < 4.78 is 12.8. The van der Waals surface area contributed by atoms with Gasteiger partial charge in [-0.3, -0.25) is 35.3 Å². The van der Waals surface area contributed by atoms with Crippen LogP contribution in [0.4, 0.5) is 10.1 Å². The summed E-state index contributed by atoms with van der Waals surface area (Å²) in [5.74, 6) is -2.32. The first-order valence-corrected chi connectivity index (χ1v) is 8.14. The summed E-state index contributed by atoms with van der Waals surface area (Å²) in [5.41, 5.74) is 4.68. The Bertz CT molecular complexity index is 901. The molecule has 3 N–H and O–H groups in total. The van der Waals surface area contributed by atoms with Gasteiger partial charge in [0.1, 0.15) is 11.9 Å². The molecule has 146 valence electrons. The Morgan fingerprint density at radius 1 is 1.11 bits per heavy atom. The molecule has 1 atom stereocenters. The van der Waals surface area contributed by atoms with Gasteiger partial charge in [-0.25, -0.2) is 4.39 Å². The molecule has 0 aromatic heterocycles. The van der Waals surface area contributed by atoms with Crippen LogP contribution in [0.15, 0.2) is 48.5 Å². The summed E-state index contributed by atoms with van der Waals surface area (Å²) in [6.45, 7) is 1.39. The van der Waals surface area contributed by atoms with Crippen molar-refractivity contribution in [2.24, 2.45) is 0 Å². The van der Waals surface area contributed by atoms with E-state index in [0.29, 0.717) is 5.56 Å². The zero-order valence-corrected chi connectivity index (χ0v) is 14.8. The second-order valence-electron chi connectivity index (χ2n) is 5.84. The van der Waals surface area contributed by atoms with Gasteiger partial charge in [-0.2, -0.15) is 0 Å². The summed E-state index contributed by atoms with van der Waals surface area (Å²) in [5, 5.41) is 13.1. The summed E-state index contributed by atoms with van der Waals surface area (Å²) in [6.07, 6.45) is -0.0744. The first-order valence-electron chi connectivity index (χ1n) is 8.14. The van der Waals surface area contributed by atoms with Crippen LogP contribution in [0.1, 0.15) is 22.8 Å². The fourth-order valence-electron chi connectivity index (χ4n) is 2.18. The molecule has 0 saturated heterocycles. The van der Waals surface area contributed by atoms with Crippen molar-refractivity contribution in [2.75, 3.05) is 0 Å². The van der Waals surface area contributed by atoms with E-state index in [9.17, 15) is 28.9 Å². The van der Waals surface area contributed by atoms with E-state index in [4.69, 9.17) is 0 Å². The van der Waals surface area contributed by atoms with Crippen LogP contribution in [-0.2, 0) is 16.0 Å². The fraction of sp³-hybridized carbons (Fsp3) is 0.167. The largest absolute Gasteiger partial charge is 0.340 e. The normalized spacial score (nSPS) is 11.2. The van der Waals surface area contributed by atoms with Crippen LogP contribution in [0.3, 0.4) is 0 Å². The van der Waals surface area contributed by atoms with E-state index >= 15 is 0 Å². The van der Waals surface area contributed by atoms with Crippen molar-refractivity contribution >= 4 is 23.4 Å². The van der Waals surface area contributed by atoms with Crippen LogP contribution in [-0.4, -0.2) is 28.7 Å². The van der Waals surface area contributed by atoms with Crippen LogP contribution in [0.5, 0.6) is 0 Å². The van der Waals surface area contributed by atoms with Crippen LogP contribution in [0, 0.1) is 15.9 Å². The lowest BCUT2D eigenvalue weighted by atomic mass is 10.1. The summed E-state index contributed by atoms with van der Waals surface area (Å²) in [7, 11) is 0. The van der Waals surface area contributed by atoms with Crippen molar-refractivity contribution in [1.82, 2.24) is 16.2 Å². The monoisotopic (exact) mass is 388 g/mol. The van der Waals surface area contributed by atoms with Crippen molar-refractivity contribution in [3.05, 3.63) is 75.6 Å². The van der Waals surface area contributed by atoms with Gasteiger partial charge < -0.3 is 5.32 Å². The van der Waals surface area contributed by atoms with Gasteiger partial charge in [-0.15, -0.1) is 0 Å². The third-order valence-corrected chi connectivity index (χ3v) is 3.66. The molecule has 0 fully saturated rings. The maximum absolute atomic E-state index is 12.8. The molecule has 0 unspecified atom stereocenters. The molecule has 9 nitrogen and oxygen atoms in total. The number of nitrogens with one attached hydrogen (secondary N) is 3. The molecule has 2 aromatic rings. The number of rotatable bonds is 6. The zero-order chi connectivity index (χ0) is 20.7. The fourth-order valence-corrected chi connectivity index (χ4v) is 2.18. The quantitative estimate of drug-likeness (QED) is 0.506. The van der Waals surface area contributed by atoms with Crippen LogP contribution < -0.4 is 16.2 Å². The molecule has 0 heterocycles. The lowest BCUT2D eigenvalue weighted by Crippen LogP contribution is -2.51. The van der Waals surface area contributed by atoms with Gasteiger partial charge in [0.15, 0.2) is 0 Å². The van der Waals surface area contributed by atoms with Gasteiger partial charge in [-0.1, -0.05) is 18.2 Å². The maximum atomic E-state index is 12.8. The van der Waals surface area contributed by atoms with E-state index in [2.05, 4.69) is 16.2 Å². The predicted molar refractivity (Wildman–Crippen MR) is 96.4 cm³/mol. The predicted octanol–water partition coefficient (Wildman–Crippen LogP) is 1.24. The Morgan fingerprint density at radius 2 is 1.79 bits per heavy atom. The maximum Gasteiger partial charge on any atom is 0.270 e. The molecule has 2 rings (SSSR count). The molecule has 0 aliphatic heterocycles. The lowest BCUT2D eigenvalue weighted by molar-refractivity contribution is -0.384. The van der Waals surface area contributed by atoms with Gasteiger partial charge in [0.25, 0.3) is 17.5 Å². The van der Waals surface area contributed by atoms with E-state index in [1.165, 1.54) is 49.4 Å². The third-order valence-electron chi connectivity index (χ3n) is 3.66. The number of halogens is 1. The summed E-state index contributed by atoms with van der Waals surface area (Å²) >= 11 is 0. The average Bonchev–Trinajstić information content (AvgIpc) is 2.67. The van der Waals surface area contributed by atoms with E-state index in [1.54, 1.807) is 0 Å².